The van der Waals surface area contributed by atoms with Crippen molar-refractivity contribution >= 4 is 11.6 Å². The first-order chi connectivity index (χ1) is 8.00. The standard InChI is InChI=1S/C12H11F2NO2/c1-15-10(3-2-4-11(15)17)12-8(13)5-7(16)6-9(12)14/h3,5-6,16H,2,4H2,1H3. The second-order valence-electron chi connectivity index (χ2n) is 3.87. The fraction of sp³-hybridized carbons (Fsp3) is 0.250. The Labute approximate surface area is 97.0 Å². The van der Waals surface area contributed by atoms with E-state index in [1.807, 2.05) is 0 Å². The van der Waals surface area contributed by atoms with Crippen molar-refractivity contribution in [1.29, 1.82) is 0 Å². The second-order valence-corrected chi connectivity index (χ2v) is 3.87. The largest absolute Gasteiger partial charge is 0.508 e. The highest BCUT2D eigenvalue weighted by molar-refractivity contribution is 5.89. The molecule has 2 rings (SSSR count). The molecule has 0 aliphatic carbocycles. The number of hydrogen-bond donors (Lipinski definition) is 1. The van der Waals surface area contributed by atoms with E-state index >= 15 is 0 Å². The van der Waals surface area contributed by atoms with E-state index in [1.165, 1.54) is 11.9 Å². The summed E-state index contributed by atoms with van der Waals surface area (Å²) in [7, 11) is 1.47. The molecule has 3 nitrogen and oxygen atoms in total. The van der Waals surface area contributed by atoms with Crippen molar-refractivity contribution < 1.29 is 18.7 Å². The van der Waals surface area contributed by atoms with Crippen LogP contribution in [0.1, 0.15) is 18.4 Å². The van der Waals surface area contributed by atoms with E-state index < -0.39 is 17.4 Å². The van der Waals surface area contributed by atoms with Gasteiger partial charge in [0.15, 0.2) is 0 Å². The van der Waals surface area contributed by atoms with Gasteiger partial charge in [-0.15, -0.1) is 0 Å². The van der Waals surface area contributed by atoms with E-state index in [0.29, 0.717) is 12.8 Å². The molecule has 0 bridgehead atoms. The number of carbonyl (C=O) groups is 1. The van der Waals surface area contributed by atoms with Gasteiger partial charge in [0.1, 0.15) is 17.4 Å². The van der Waals surface area contributed by atoms with Crippen LogP contribution in [0.2, 0.25) is 0 Å². The van der Waals surface area contributed by atoms with Crippen LogP contribution in [-0.4, -0.2) is 23.0 Å². The minimum Gasteiger partial charge on any atom is -0.508 e. The molecule has 0 saturated heterocycles. The zero-order valence-corrected chi connectivity index (χ0v) is 9.20. The van der Waals surface area contributed by atoms with Crippen LogP contribution in [0.3, 0.4) is 0 Å². The van der Waals surface area contributed by atoms with Crippen molar-refractivity contribution in [2.75, 3.05) is 7.05 Å². The number of aromatic hydroxyl groups is 1. The van der Waals surface area contributed by atoms with E-state index in [9.17, 15) is 13.6 Å². The number of phenolic OH excluding ortho intramolecular Hbond substituents is 1. The number of allylic oxidation sites excluding steroid dienone is 1. The number of hydrogen-bond acceptors (Lipinski definition) is 2. The highest BCUT2D eigenvalue weighted by atomic mass is 19.1. The highest BCUT2D eigenvalue weighted by Gasteiger charge is 2.24. The monoisotopic (exact) mass is 239 g/mol. The molecule has 1 heterocycles. The minimum absolute atomic E-state index is 0.186. The van der Waals surface area contributed by atoms with E-state index in [0.717, 1.165) is 12.1 Å². The van der Waals surface area contributed by atoms with Crippen LogP contribution in [0.5, 0.6) is 5.75 Å². The second kappa shape index (κ2) is 4.16. The van der Waals surface area contributed by atoms with Crippen molar-refractivity contribution in [3.63, 3.8) is 0 Å². The Balaban J connectivity index is 2.54. The molecule has 5 heteroatoms. The summed E-state index contributed by atoms with van der Waals surface area (Å²) < 4.78 is 27.2. The lowest BCUT2D eigenvalue weighted by Crippen LogP contribution is -2.28. The van der Waals surface area contributed by atoms with Crippen molar-refractivity contribution in [1.82, 2.24) is 4.90 Å². The fourth-order valence-corrected chi connectivity index (χ4v) is 1.85. The summed E-state index contributed by atoms with van der Waals surface area (Å²) in [4.78, 5) is 12.7. The van der Waals surface area contributed by atoms with E-state index in [2.05, 4.69) is 0 Å². The summed E-state index contributed by atoms with van der Waals surface area (Å²) in [5.74, 6) is -2.42. The third kappa shape index (κ3) is 2.00. The third-order valence-corrected chi connectivity index (χ3v) is 2.71. The fourth-order valence-electron chi connectivity index (χ4n) is 1.85. The van der Waals surface area contributed by atoms with Crippen molar-refractivity contribution in [2.24, 2.45) is 0 Å². The Bertz CT molecular complexity index is 488. The summed E-state index contributed by atoms with van der Waals surface area (Å²) in [6, 6.07) is 1.65. The Morgan fingerprint density at radius 3 is 2.47 bits per heavy atom. The molecule has 0 saturated carbocycles. The summed E-state index contributed by atoms with van der Waals surface area (Å²) in [5.41, 5.74) is -0.0744. The molecule has 1 aliphatic rings. The van der Waals surface area contributed by atoms with Crippen LogP contribution in [-0.2, 0) is 4.79 Å². The molecule has 1 aromatic rings. The first-order valence-corrected chi connectivity index (χ1v) is 5.16. The molecule has 1 aliphatic heterocycles. The first-order valence-electron chi connectivity index (χ1n) is 5.16. The van der Waals surface area contributed by atoms with Gasteiger partial charge in [0.2, 0.25) is 5.91 Å². The van der Waals surface area contributed by atoms with E-state index in [-0.39, 0.29) is 17.2 Å². The number of rotatable bonds is 1. The quantitative estimate of drug-likeness (QED) is 0.816. The topological polar surface area (TPSA) is 40.5 Å². The average molecular weight is 239 g/mol. The maximum Gasteiger partial charge on any atom is 0.227 e. The summed E-state index contributed by atoms with van der Waals surface area (Å²) >= 11 is 0. The zero-order chi connectivity index (χ0) is 12.6. The minimum atomic E-state index is -0.879. The number of nitrogens with zero attached hydrogens (tertiary/aromatic N) is 1. The van der Waals surface area contributed by atoms with Gasteiger partial charge in [0.25, 0.3) is 0 Å². The molecule has 1 N–H and O–H groups in total. The SMILES string of the molecule is CN1C(=O)CCC=C1c1c(F)cc(O)cc1F. The van der Waals surface area contributed by atoms with Crippen LogP contribution in [0, 0.1) is 11.6 Å². The average Bonchev–Trinajstić information content (AvgIpc) is 2.23. The predicted octanol–water partition coefficient (Wildman–Crippen LogP) is 2.26. The Hall–Kier alpha value is -1.91. The Kier molecular flexibility index (Phi) is 2.83. The smallest absolute Gasteiger partial charge is 0.227 e. The normalized spacial score (nSPS) is 16.1. The molecule has 1 amide bonds. The number of benzene rings is 1. The first kappa shape index (κ1) is 11.6. The predicted molar refractivity (Wildman–Crippen MR) is 58.0 cm³/mol. The van der Waals surface area contributed by atoms with Gasteiger partial charge in [-0.2, -0.15) is 0 Å². The molecule has 17 heavy (non-hydrogen) atoms. The summed E-state index contributed by atoms with van der Waals surface area (Å²) in [6.45, 7) is 0. The maximum absolute atomic E-state index is 13.6. The van der Waals surface area contributed by atoms with Crippen LogP contribution in [0.15, 0.2) is 18.2 Å². The molecule has 0 spiro atoms. The van der Waals surface area contributed by atoms with Crippen LogP contribution in [0.25, 0.3) is 5.70 Å². The Morgan fingerprint density at radius 1 is 1.29 bits per heavy atom. The number of halogens is 2. The lowest BCUT2D eigenvalue weighted by molar-refractivity contribution is -0.127. The maximum atomic E-state index is 13.6. The highest BCUT2D eigenvalue weighted by Crippen LogP contribution is 2.30. The van der Waals surface area contributed by atoms with Gasteiger partial charge in [-0.1, -0.05) is 6.08 Å². The van der Waals surface area contributed by atoms with Gasteiger partial charge in [0.05, 0.1) is 11.3 Å². The Morgan fingerprint density at radius 2 is 1.88 bits per heavy atom. The van der Waals surface area contributed by atoms with Crippen LogP contribution >= 0.6 is 0 Å². The third-order valence-electron chi connectivity index (χ3n) is 2.71. The lowest BCUT2D eigenvalue weighted by Gasteiger charge is -2.25. The molecule has 90 valence electrons. The van der Waals surface area contributed by atoms with Gasteiger partial charge in [-0.3, -0.25) is 4.79 Å². The zero-order valence-electron chi connectivity index (χ0n) is 9.20. The van der Waals surface area contributed by atoms with Gasteiger partial charge < -0.3 is 10.0 Å². The van der Waals surface area contributed by atoms with Gasteiger partial charge in [0, 0.05) is 25.6 Å². The van der Waals surface area contributed by atoms with Crippen LogP contribution < -0.4 is 0 Å². The molecule has 0 radical (unpaired) electrons. The van der Waals surface area contributed by atoms with Gasteiger partial charge in [-0.05, 0) is 6.42 Å². The molecular formula is C12H11F2NO2. The van der Waals surface area contributed by atoms with Crippen LogP contribution in [0.4, 0.5) is 8.78 Å². The number of phenols is 1. The molecular weight excluding hydrogens is 228 g/mol. The number of carbonyl (C=O) groups excluding carboxylic acids is 1. The van der Waals surface area contributed by atoms with Crippen molar-refractivity contribution in [2.45, 2.75) is 12.8 Å². The summed E-state index contributed by atoms with van der Waals surface area (Å²) in [6.07, 6.45) is 2.40. The summed E-state index contributed by atoms with van der Waals surface area (Å²) in [5, 5.41) is 9.05. The van der Waals surface area contributed by atoms with Crippen molar-refractivity contribution in [3.8, 4) is 5.75 Å². The van der Waals surface area contributed by atoms with Gasteiger partial charge >= 0.3 is 0 Å². The lowest BCUT2D eigenvalue weighted by atomic mass is 10.0. The number of amides is 1. The molecule has 0 atom stereocenters. The molecule has 0 aromatic heterocycles. The van der Waals surface area contributed by atoms with Gasteiger partial charge in [-0.25, -0.2) is 8.78 Å². The van der Waals surface area contributed by atoms with E-state index in [4.69, 9.17) is 5.11 Å². The van der Waals surface area contributed by atoms with Crippen molar-refractivity contribution in [3.05, 3.63) is 35.4 Å². The molecule has 0 unspecified atom stereocenters. The molecule has 0 fully saturated rings. The molecule has 1 aromatic carbocycles. The van der Waals surface area contributed by atoms with E-state index in [1.54, 1.807) is 6.08 Å².